The normalized spacial score (nSPS) is 23.1. The second-order valence-electron chi connectivity index (χ2n) is 7.83. The Kier molecular flexibility index (Phi) is 4.63. The molecule has 1 heterocycles. The smallest absolute Gasteiger partial charge is 0.261 e. The number of terminal acetylenes is 1. The minimum atomic E-state index is -2.50. The predicted octanol–water partition coefficient (Wildman–Crippen LogP) is 3.35. The molecule has 0 spiro atoms. The van der Waals surface area contributed by atoms with Gasteiger partial charge in [-0.05, 0) is 22.3 Å². The summed E-state index contributed by atoms with van der Waals surface area (Å²) >= 11 is 0. The lowest BCUT2D eigenvalue weighted by molar-refractivity contribution is 0.246. The van der Waals surface area contributed by atoms with E-state index in [-0.39, 0.29) is 11.1 Å². The Morgan fingerprint density at radius 2 is 1.52 bits per heavy atom. The van der Waals surface area contributed by atoms with Crippen molar-refractivity contribution >= 4 is 18.7 Å². The Morgan fingerprint density at radius 1 is 1.04 bits per heavy atom. The summed E-state index contributed by atoms with van der Waals surface area (Å²) < 4.78 is 12.5. The molecular formula is C22H26O2Si. The molecule has 0 saturated carbocycles. The molecule has 1 aliphatic rings. The van der Waals surface area contributed by atoms with E-state index < -0.39 is 13.9 Å². The maximum atomic E-state index is 6.81. The zero-order valence-corrected chi connectivity index (χ0v) is 16.5. The first kappa shape index (κ1) is 17.9. The van der Waals surface area contributed by atoms with E-state index in [9.17, 15) is 0 Å². The van der Waals surface area contributed by atoms with Gasteiger partial charge in [-0.15, -0.1) is 6.42 Å². The Balaban J connectivity index is 2.05. The van der Waals surface area contributed by atoms with Crippen LogP contribution in [0.15, 0.2) is 60.7 Å². The highest BCUT2D eigenvalue weighted by atomic mass is 28.4. The number of epoxide rings is 1. The van der Waals surface area contributed by atoms with Crippen molar-refractivity contribution in [2.24, 2.45) is 0 Å². The van der Waals surface area contributed by atoms with Gasteiger partial charge in [-0.25, -0.2) is 0 Å². The van der Waals surface area contributed by atoms with Crippen molar-refractivity contribution in [3.8, 4) is 12.3 Å². The van der Waals surface area contributed by atoms with Crippen molar-refractivity contribution < 1.29 is 9.16 Å². The van der Waals surface area contributed by atoms with Gasteiger partial charge in [-0.3, -0.25) is 0 Å². The van der Waals surface area contributed by atoms with E-state index in [1.807, 2.05) is 6.92 Å². The molecule has 130 valence electrons. The van der Waals surface area contributed by atoms with Gasteiger partial charge in [-0.2, -0.15) is 0 Å². The lowest BCUT2D eigenvalue weighted by Gasteiger charge is -2.43. The summed E-state index contributed by atoms with van der Waals surface area (Å²) in [6.45, 7) is 9.29. The molecule has 0 aromatic heterocycles. The molecule has 2 aromatic rings. The van der Waals surface area contributed by atoms with Crippen LogP contribution in [0.4, 0.5) is 0 Å². The van der Waals surface area contributed by atoms with Crippen LogP contribution in [0.3, 0.4) is 0 Å². The fraction of sp³-hybridized carbons (Fsp3) is 0.364. The molecule has 1 saturated heterocycles. The molecule has 0 radical (unpaired) electrons. The lowest BCUT2D eigenvalue weighted by atomic mass is 10.1. The second kappa shape index (κ2) is 6.46. The van der Waals surface area contributed by atoms with Crippen LogP contribution in [0.5, 0.6) is 0 Å². The van der Waals surface area contributed by atoms with E-state index in [0.29, 0.717) is 6.61 Å². The van der Waals surface area contributed by atoms with Gasteiger partial charge in [-0.1, -0.05) is 87.4 Å². The van der Waals surface area contributed by atoms with Crippen molar-refractivity contribution in [1.82, 2.24) is 0 Å². The van der Waals surface area contributed by atoms with E-state index in [1.54, 1.807) is 0 Å². The third-order valence-corrected chi connectivity index (χ3v) is 10.1. The topological polar surface area (TPSA) is 21.8 Å². The maximum Gasteiger partial charge on any atom is 0.261 e. The third-order valence-electron chi connectivity index (χ3n) is 5.10. The minimum Gasteiger partial charge on any atom is -0.405 e. The number of hydrogen-bond donors (Lipinski definition) is 0. The van der Waals surface area contributed by atoms with Gasteiger partial charge in [0.15, 0.2) is 5.60 Å². The van der Waals surface area contributed by atoms with Gasteiger partial charge in [0, 0.05) is 0 Å². The molecule has 1 aliphatic heterocycles. The first-order valence-electron chi connectivity index (χ1n) is 8.74. The van der Waals surface area contributed by atoms with Crippen LogP contribution in [-0.2, 0) is 9.16 Å². The molecular weight excluding hydrogens is 324 g/mol. The molecule has 2 aromatic carbocycles. The highest BCUT2D eigenvalue weighted by Crippen LogP contribution is 2.40. The van der Waals surface area contributed by atoms with E-state index >= 15 is 0 Å². The van der Waals surface area contributed by atoms with Crippen molar-refractivity contribution in [2.75, 3.05) is 6.61 Å². The van der Waals surface area contributed by atoms with Crippen molar-refractivity contribution in [3.63, 3.8) is 0 Å². The summed E-state index contributed by atoms with van der Waals surface area (Å²) in [5, 5.41) is 2.52. The standard InChI is InChI=1S/C22H26O2Si/c1-6-22(5)20(24-22)17-23-25(21(2,3)4,18-13-9-7-10-14-18)19-15-11-8-12-16-19/h1,7-16,20H,17H2,2-5H3. The Hall–Kier alpha value is -1.86. The van der Waals surface area contributed by atoms with Gasteiger partial charge in [0.1, 0.15) is 6.10 Å². The second-order valence-corrected chi connectivity index (χ2v) is 12.1. The Bertz CT molecular complexity index is 719. The quantitative estimate of drug-likeness (QED) is 0.469. The van der Waals surface area contributed by atoms with E-state index in [4.69, 9.17) is 15.6 Å². The van der Waals surface area contributed by atoms with Gasteiger partial charge in [0.25, 0.3) is 8.32 Å². The molecule has 25 heavy (non-hydrogen) atoms. The molecule has 2 atom stereocenters. The monoisotopic (exact) mass is 350 g/mol. The van der Waals surface area contributed by atoms with Crippen LogP contribution in [0.1, 0.15) is 27.7 Å². The van der Waals surface area contributed by atoms with Gasteiger partial charge in [0.05, 0.1) is 6.61 Å². The van der Waals surface area contributed by atoms with Crippen LogP contribution < -0.4 is 10.4 Å². The molecule has 3 heteroatoms. The maximum absolute atomic E-state index is 6.81. The SMILES string of the molecule is C#CC1(C)OC1CO[Si](c1ccccc1)(c1ccccc1)C(C)(C)C. The zero-order chi connectivity index (χ0) is 18.1. The first-order valence-corrected chi connectivity index (χ1v) is 10.6. The van der Waals surface area contributed by atoms with Crippen molar-refractivity contribution in [3.05, 3.63) is 60.7 Å². The number of rotatable bonds is 5. The Labute approximate surface area is 152 Å². The molecule has 0 bridgehead atoms. The molecule has 0 N–H and O–H groups in total. The van der Waals surface area contributed by atoms with Gasteiger partial charge in [0.2, 0.25) is 0 Å². The average Bonchev–Trinajstić information content (AvgIpc) is 3.27. The van der Waals surface area contributed by atoms with E-state index in [0.717, 1.165) is 0 Å². The van der Waals surface area contributed by atoms with Crippen LogP contribution in [0.2, 0.25) is 5.04 Å². The molecule has 3 rings (SSSR count). The van der Waals surface area contributed by atoms with E-state index in [1.165, 1.54) is 10.4 Å². The largest absolute Gasteiger partial charge is 0.405 e. The van der Waals surface area contributed by atoms with Crippen molar-refractivity contribution in [1.29, 1.82) is 0 Å². The summed E-state index contributed by atoms with van der Waals surface area (Å²) in [5.41, 5.74) is -0.481. The number of benzene rings is 2. The van der Waals surface area contributed by atoms with Crippen LogP contribution in [-0.4, -0.2) is 26.6 Å². The summed E-state index contributed by atoms with van der Waals surface area (Å²) in [5.74, 6) is 2.73. The highest BCUT2D eigenvalue weighted by Gasteiger charge is 2.55. The van der Waals surface area contributed by atoms with Crippen LogP contribution in [0.25, 0.3) is 0 Å². The highest BCUT2D eigenvalue weighted by molar-refractivity contribution is 6.99. The first-order chi connectivity index (χ1) is 11.8. The van der Waals surface area contributed by atoms with Crippen LogP contribution in [0, 0.1) is 12.3 Å². The van der Waals surface area contributed by atoms with E-state index in [2.05, 4.69) is 87.4 Å². The Morgan fingerprint density at radius 3 is 1.88 bits per heavy atom. The molecule has 0 aliphatic carbocycles. The summed E-state index contributed by atoms with van der Waals surface area (Å²) in [7, 11) is -2.50. The third kappa shape index (κ3) is 3.18. The summed E-state index contributed by atoms with van der Waals surface area (Å²) in [6, 6.07) is 21.2. The van der Waals surface area contributed by atoms with Crippen LogP contribution >= 0.6 is 0 Å². The lowest BCUT2D eigenvalue weighted by Crippen LogP contribution is -2.66. The molecule has 1 fully saturated rings. The van der Waals surface area contributed by atoms with Gasteiger partial charge >= 0.3 is 0 Å². The fourth-order valence-electron chi connectivity index (χ4n) is 3.54. The van der Waals surface area contributed by atoms with Gasteiger partial charge < -0.3 is 9.16 Å². The summed E-state index contributed by atoms with van der Waals surface area (Å²) in [4.78, 5) is 0. The number of hydrogen-bond acceptors (Lipinski definition) is 2. The summed E-state index contributed by atoms with van der Waals surface area (Å²) in [6.07, 6.45) is 5.56. The molecule has 2 unspecified atom stereocenters. The fourth-order valence-corrected chi connectivity index (χ4v) is 8.10. The predicted molar refractivity (Wildman–Crippen MR) is 106 cm³/mol. The number of ether oxygens (including phenoxy) is 1. The molecule has 0 amide bonds. The average molecular weight is 351 g/mol. The van der Waals surface area contributed by atoms with Crippen molar-refractivity contribution in [2.45, 2.75) is 44.4 Å². The minimum absolute atomic E-state index is 0.0286. The zero-order valence-electron chi connectivity index (χ0n) is 15.5. The molecule has 2 nitrogen and oxygen atoms in total.